The van der Waals surface area contributed by atoms with Gasteiger partial charge in [-0.3, -0.25) is 18.2 Å². The number of halogens is 2. The first-order valence-corrected chi connectivity index (χ1v) is 32.3. The second kappa shape index (κ2) is 26.9. The third kappa shape index (κ3) is 16.6. The normalized spacial score (nSPS) is 12.4. The Morgan fingerprint density at radius 2 is 0.854 bits per heavy atom. The van der Waals surface area contributed by atoms with Gasteiger partial charge in [-0.05, 0) is 112 Å². The summed E-state index contributed by atoms with van der Waals surface area (Å²) in [4.78, 5) is 18.3. The van der Waals surface area contributed by atoms with Crippen LogP contribution in [-0.2, 0) is 67.3 Å². The number of hydrogen-bond acceptors (Lipinski definition) is 30. The van der Waals surface area contributed by atoms with Crippen LogP contribution in [-0.4, -0.2) is 118 Å². The number of nitrogens with one attached hydrogen (secondary N) is 4. The molecule has 0 aliphatic rings. The third-order valence-corrected chi connectivity index (χ3v) is 17.1. The van der Waals surface area contributed by atoms with Crippen molar-refractivity contribution in [2.45, 2.75) is 35.9 Å². The van der Waals surface area contributed by atoms with E-state index < -0.39 is 180 Å². The summed E-state index contributed by atoms with van der Waals surface area (Å²) in [5.41, 5.74) is -3.45. The van der Waals surface area contributed by atoms with Crippen LogP contribution in [0.2, 0.25) is 10.6 Å². The first-order chi connectivity index (χ1) is 40.5. The summed E-state index contributed by atoms with van der Waals surface area (Å²) in [5, 5.41) is 45.6. The van der Waals surface area contributed by atoms with Crippen LogP contribution >= 0.6 is 23.2 Å². The average molecular weight is 1410 g/mol. The van der Waals surface area contributed by atoms with Gasteiger partial charge in [0.1, 0.15) is 57.7 Å². The van der Waals surface area contributed by atoms with Crippen LogP contribution in [0, 0.1) is 0 Å². The predicted molar refractivity (Wildman–Crippen MR) is 301 cm³/mol. The molecule has 0 saturated heterocycles. The van der Waals surface area contributed by atoms with Crippen LogP contribution in [0.15, 0.2) is 159 Å². The molecule has 9 rings (SSSR count). The Bertz CT molecular complexity index is 5170. The van der Waals surface area contributed by atoms with Gasteiger partial charge in [0.15, 0.2) is 11.5 Å². The molecule has 0 bridgehead atoms. The first-order valence-electron chi connectivity index (χ1n) is 23.0. The van der Waals surface area contributed by atoms with Crippen molar-refractivity contribution in [1.29, 1.82) is 0 Å². The molecular weight excluding hydrogens is 1380 g/mol. The summed E-state index contributed by atoms with van der Waals surface area (Å²) in [6.07, 6.45) is 0. The number of aromatic hydroxyl groups is 2. The molecule has 89 heavy (non-hydrogen) atoms. The molecule has 0 saturated carbocycles. The van der Waals surface area contributed by atoms with Crippen molar-refractivity contribution >= 4 is 169 Å². The summed E-state index contributed by atoms with van der Waals surface area (Å²) < 4.78 is 212. The molecule has 0 aliphatic heterocycles. The van der Waals surface area contributed by atoms with Crippen LogP contribution in [0.4, 0.5) is 63.6 Å². The molecule has 0 aliphatic carbocycles. The maximum absolute atomic E-state index is 12.6. The Labute approximate surface area is 575 Å². The Kier molecular flexibility index (Phi) is 21.2. The number of benzene rings is 7. The Morgan fingerprint density at radius 1 is 0.449 bits per heavy atom. The Morgan fingerprint density at radius 3 is 1.30 bits per heavy atom. The monoisotopic (exact) mass is 1410 g/mol. The van der Waals surface area contributed by atoms with Crippen molar-refractivity contribution in [3.63, 3.8) is 0 Å². The van der Waals surface area contributed by atoms with Gasteiger partial charge in [-0.25, -0.2) is 16.8 Å². The van der Waals surface area contributed by atoms with E-state index in [1.807, 2.05) is 0 Å². The fourth-order valence-corrected chi connectivity index (χ4v) is 11.9. The van der Waals surface area contributed by atoms with Crippen LogP contribution in [0.25, 0.3) is 21.5 Å². The van der Waals surface area contributed by atoms with Crippen molar-refractivity contribution in [2.24, 2.45) is 20.5 Å². The molecule has 452 valence electrons. The Hall–Kier alpha value is -6.24. The summed E-state index contributed by atoms with van der Waals surface area (Å²) >= 11 is 12.5. The fraction of sp³-hybridized carbons (Fsp3) is 0.0222. The molecule has 0 radical (unpaired) electrons. The third-order valence-electron chi connectivity index (χ3n) is 11.6. The maximum atomic E-state index is 12.6. The Balaban J connectivity index is 0.00000564. The SMILES string of the molecule is O=S(=O)([O-])c1cc(Nc2nc(Cl)nc(NCc3ccc(Nc4nc(Cl)nc(Nc5cc(S(=O)(=O)O)cc6cc(S(=O)(=O)O)c(N=Nc7ccccc7S(=O)(=O)O)c(O)c56)n4)cc3)n2)c2c(O)c(N=Nc3ccccc3S(=O)(=O)O)c(S(=O)(=O)[O-])cc2c1.[K+].[Na+]. The summed E-state index contributed by atoms with van der Waals surface area (Å²) in [6.45, 7) is -0.0725. The number of fused-ring (bicyclic) bond motifs is 2. The molecular formula is C45H30Cl2KN14NaO20S6. The number of phenols is 2. The van der Waals surface area contributed by atoms with Gasteiger partial charge < -0.3 is 40.6 Å². The number of hydrogen-bond donors (Lipinski definition) is 10. The first kappa shape index (κ1) is 70.2. The van der Waals surface area contributed by atoms with Gasteiger partial charge in [-0.1, -0.05) is 36.4 Å². The molecule has 44 heteroatoms. The predicted octanol–water partition coefficient (Wildman–Crippen LogP) is 1.56. The second-order valence-electron chi connectivity index (χ2n) is 17.4. The molecule has 0 unspecified atom stereocenters. The van der Waals surface area contributed by atoms with Crippen LogP contribution in [0.5, 0.6) is 11.5 Å². The number of phenolic OH excluding ortho intramolecular Hbond substituents is 2. The molecule has 7 aromatic carbocycles. The van der Waals surface area contributed by atoms with E-state index in [0.717, 1.165) is 36.4 Å². The number of nitrogens with zero attached hydrogens (tertiary/aromatic N) is 10. The smallest absolute Gasteiger partial charge is 0.744 e. The topological polar surface area (TPSA) is 547 Å². The minimum Gasteiger partial charge on any atom is -0.744 e. The van der Waals surface area contributed by atoms with Gasteiger partial charge in [-0.2, -0.15) is 63.6 Å². The molecule has 0 atom stereocenters. The van der Waals surface area contributed by atoms with E-state index in [4.69, 9.17) is 23.2 Å². The molecule has 0 fully saturated rings. The zero-order valence-electron chi connectivity index (χ0n) is 44.2. The standard InChI is InChI=1S/C45H32Cl2N14O20S6.K.Na/c46-40-52-42(56-44(54-40)50-28-17-24(82(64,65)66)13-21-15-32(86(76,77)78)36(38(62)34(21)28)60-58-26-5-1-3-7-30(26)84(70,71)72)48-19-20-9-11-23(12-10-20)49-43-53-41(47)55-45(57-43)51-29-18-25(83(67,68)69)14-22-16-33(87(79,80)81)37(39(63)35(22)29)61-59-27-6-2-4-8-31(27)85(73,74)75;;/h1-18,62-63H,19H2,(H,64,65,66)(H,67,68,69)(H,70,71,72)(H,73,74,75)(H,76,77,78)(H,79,80,81)(H2,48,50,52,54,56)(H2,49,51,53,55,57);;/q;2*+1/p-2. The molecule has 0 spiro atoms. The van der Waals surface area contributed by atoms with E-state index in [-0.39, 0.29) is 105 Å². The van der Waals surface area contributed by atoms with Crippen molar-refractivity contribution in [3.05, 3.63) is 125 Å². The van der Waals surface area contributed by atoms with Crippen LogP contribution < -0.4 is 102 Å². The quantitative estimate of drug-likeness (QED) is 0.0312. The molecule has 2 aromatic heterocycles. The van der Waals surface area contributed by atoms with Gasteiger partial charge >= 0.3 is 80.9 Å². The van der Waals surface area contributed by atoms with Crippen molar-refractivity contribution in [2.75, 3.05) is 21.3 Å². The molecule has 2 heterocycles. The van der Waals surface area contributed by atoms with Gasteiger partial charge in [-0.15, -0.1) is 20.5 Å². The van der Waals surface area contributed by atoms with Crippen LogP contribution in [0.3, 0.4) is 0 Å². The van der Waals surface area contributed by atoms with Gasteiger partial charge in [0.25, 0.3) is 40.5 Å². The van der Waals surface area contributed by atoms with E-state index >= 15 is 0 Å². The molecule has 9 aromatic rings. The molecule has 10 N–H and O–H groups in total. The van der Waals surface area contributed by atoms with Crippen molar-refractivity contribution < 1.29 is 169 Å². The van der Waals surface area contributed by atoms with E-state index in [1.54, 1.807) is 12.1 Å². The average Bonchev–Trinajstić information content (AvgIpc) is 0.803. The zero-order chi connectivity index (χ0) is 63.3. The second-order valence-corrected chi connectivity index (χ2v) is 26.3. The summed E-state index contributed by atoms with van der Waals surface area (Å²) in [5.74, 6) is -3.81. The largest absolute Gasteiger partial charge is 1.00 e. The minimum atomic E-state index is -5.63. The molecule has 0 amide bonds. The van der Waals surface area contributed by atoms with E-state index in [1.165, 1.54) is 36.4 Å². The fourth-order valence-electron chi connectivity index (χ4n) is 7.92. The summed E-state index contributed by atoms with van der Waals surface area (Å²) in [7, 11) is -31.4. The van der Waals surface area contributed by atoms with Gasteiger partial charge in [0.2, 0.25) is 34.4 Å². The number of aromatic nitrogens is 6. The van der Waals surface area contributed by atoms with Crippen LogP contribution in [0.1, 0.15) is 5.56 Å². The number of anilines is 7. The van der Waals surface area contributed by atoms with E-state index in [9.17, 15) is 88.0 Å². The summed E-state index contributed by atoms with van der Waals surface area (Å²) in [6, 6.07) is 19.0. The maximum Gasteiger partial charge on any atom is 1.00 e. The molecule has 34 nitrogen and oxygen atoms in total. The number of rotatable bonds is 19. The zero-order valence-corrected chi connectivity index (χ0v) is 55.7. The number of azo groups is 2. The van der Waals surface area contributed by atoms with Gasteiger partial charge in [0.05, 0.1) is 26.1 Å². The van der Waals surface area contributed by atoms with Crippen molar-refractivity contribution in [3.8, 4) is 11.5 Å². The van der Waals surface area contributed by atoms with E-state index in [0.29, 0.717) is 29.8 Å². The van der Waals surface area contributed by atoms with Crippen molar-refractivity contribution in [1.82, 2.24) is 29.9 Å². The van der Waals surface area contributed by atoms with Gasteiger partial charge in [0, 0.05) is 23.0 Å². The minimum absolute atomic E-state index is 0. The van der Waals surface area contributed by atoms with E-state index in [2.05, 4.69) is 71.6 Å².